The van der Waals surface area contributed by atoms with E-state index in [0.29, 0.717) is 12.8 Å². The summed E-state index contributed by atoms with van der Waals surface area (Å²) in [6.45, 7) is 2.00. The second-order valence-corrected chi connectivity index (χ2v) is 6.20. The van der Waals surface area contributed by atoms with Crippen LogP contribution in [0.15, 0.2) is 29.2 Å². The van der Waals surface area contributed by atoms with E-state index in [1.807, 2.05) is 31.2 Å². The van der Waals surface area contributed by atoms with Crippen molar-refractivity contribution in [3.8, 4) is 0 Å². The maximum atomic E-state index is 12.2. The predicted octanol–water partition coefficient (Wildman–Crippen LogP) is 2.46. The molecule has 2 rings (SSSR count). The first-order valence-electron chi connectivity index (χ1n) is 6.89. The minimum atomic E-state index is -0.952. The number of thioether (sulfide) groups is 1. The normalized spacial score (nSPS) is 18.4. The average molecular weight is 293 g/mol. The van der Waals surface area contributed by atoms with Gasteiger partial charge in [-0.25, -0.2) is 4.79 Å². The van der Waals surface area contributed by atoms with E-state index < -0.39 is 12.0 Å². The smallest absolute Gasteiger partial charge is 0.326 e. The molecule has 1 aromatic rings. The molecule has 0 fully saturated rings. The molecule has 0 spiro atoms. The number of carbonyl (C=O) groups is 2. The van der Waals surface area contributed by atoms with Gasteiger partial charge in [0.1, 0.15) is 6.04 Å². The summed E-state index contributed by atoms with van der Waals surface area (Å²) in [6.07, 6.45) is 2.88. The van der Waals surface area contributed by atoms with E-state index in [2.05, 4.69) is 5.32 Å². The Morgan fingerprint density at radius 3 is 2.85 bits per heavy atom. The van der Waals surface area contributed by atoms with Crippen LogP contribution in [-0.2, 0) is 16.0 Å². The zero-order valence-corrected chi connectivity index (χ0v) is 12.3. The zero-order chi connectivity index (χ0) is 14.5. The van der Waals surface area contributed by atoms with Crippen LogP contribution < -0.4 is 5.32 Å². The highest BCUT2D eigenvalue weighted by Crippen LogP contribution is 2.36. The fourth-order valence-electron chi connectivity index (χ4n) is 2.26. The van der Waals surface area contributed by atoms with Crippen molar-refractivity contribution in [2.45, 2.75) is 48.8 Å². The van der Waals surface area contributed by atoms with Crippen LogP contribution in [0, 0.1) is 0 Å². The number of rotatable bonds is 6. The Hall–Kier alpha value is -1.49. The molecule has 2 atom stereocenters. The molecular weight excluding hydrogens is 274 g/mol. The highest BCUT2D eigenvalue weighted by molar-refractivity contribution is 8.01. The van der Waals surface area contributed by atoms with Crippen LogP contribution in [0.5, 0.6) is 0 Å². The topological polar surface area (TPSA) is 66.4 Å². The van der Waals surface area contributed by atoms with Gasteiger partial charge in [-0.2, -0.15) is 0 Å². The summed E-state index contributed by atoms with van der Waals surface area (Å²) in [5.41, 5.74) is 1.16. The molecule has 1 aromatic carbocycles. The first-order chi connectivity index (χ1) is 9.61. The number of aliphatic carboxylic acids is 1. The van der Waals surface area contributed by atoms with E-state index in [1.165, 1.54) is 11.8 Å². The van der Waals surface area contributed by atoms with Crippen LogP contribution in [0.4, 0.5) is 0 Å². The number of benzene rings is 1. The second-order valence-electron chi connectivity index (χ2n) is 4.96. The summed E-state index contributed by atoms with van der Waals surface area (Å²) < 4.78 is 0. The maximum absolute atomic E-state index is 12.2. The van der Waals surface area contributed by atoms with E-state index in [9.17, 15) is 9.59 Å². The monoisotopic (exact) mass is 293 g/mol. The third-order valence-corrected chi connectivity index (χ3v) is 4.72. The number of carbonyl (C=O) groups excluding carboxylic acids is 1. The van der Waals surface area contributed by atoms with Crippen LogP contribution in [-0.4, -0.2) is 28.3 Å². The molecule has 0 aromatic heterocycles. The molecule has 0 radical (unpaired) electrons. The molecule has 0 saturated heterocycles. The third-order valence-electron chi connectivity index (χ3n) is 3.40. The van der Waals surface area contributed by atoms with E-state index in [-0.39, 0.29) is 11.2 Å². The largest absolute Gasteiger partial charge is 0.480 e. The van der Waals surface area contributed by atoms with Crippen molar-refractivity contribution in [3.63, 3.8) is 0 Å². The molecule has 20 heavy (non-hydrogen) atoms. The lowest BCUT2D eigenvalue weighted by Gasteiger charge is -2.16. The summed E-state index contributed by atoms with van der Waals surface area (Å²) in [5.74, 6) is -1.12. The predicted molar refractivity (Wildman–Crippen MR) is 78.9 cm³/mol. The molecule has 0 saturated carbocycles. The summed E-state index contributed by atoms with van der Waals surface area (Å²) in [6, 6.07) is 7.15. The number of nitrogens with one attached hydrogen (secondary N) is 1. The van der Waals surface area contributed by atoms with Crippen molar-refractivity contribution >= 4 is 23.6 Å². The number of carboxylic acid groups (broad SMARTS) is 1. The highest BCUT2D eigenvalue weighted by atomic mass is 32.2. The van der Waals surface area contributed by atoms with Crippen LogP contribution >= 0.6 is 11.8 Å². The Kier molecular flexibility index (Phi) is 5.06. The fourth-order valence-corrected chi connectivity index (χ4v) is 3.46. The Bertz CT molecular complexity index is 479. The molecule has 1 amide bonds. The van der Waals surface area contributed by atoms with Gasteiger partial charge in [0.15, 0.2) is 0 Å². The molecule has 2 N–H and O–H groups in total. The van der Waals surface area contributed by atoms with Crippen LogP contribution in [0.1, 0.15) is 31.7 Å². The van der Waals surface area contributed by atoms with E-state index >= 15 is 0 Å². The number of unbranched alkanes of at least 4 members (excludes halogenated alkanes) is 1. The molecule has 0 aliphatic carbocycles. The Morgan fingerprint density at radius 2 is 2.20 bits per heavy atom. The molecule has 4 nitrogen and oxygen atoms in total. The average Bonchev–Trinajstić information content (AvgIpc) is 2.86. The third kappa shape index (κ3) is 3.54. The lowest BCUT2D eigenvalue weighted by Crippen LogP contribution is -2.44. The summed E-state index contributed by atoms with van der Waals surface area (Å²) in [7, 11) is 0. The summed E-state index contributed by atoms with van der Waals surface area (Å²) in [4.78, 5) is 24.5. The van der Waals surface area contributed by atoms with Gasteiger partial charge < -0.3 is 10.4 Å². The molecule has 108 valence electrons. The van der Waals surface area contributed by atoms with Crippen molar-refractivity contribution in [2.75, 3.05) is 0 Å². The number of fused-ring (bicyclic) bond motifs is 1. The van der Waals surface area contributed by atoms with Gasteiger partial charge in [-0.1, -0.05) is 38.0 Å². The van der Waals surface area contributed by atoms with Crippen molar-refractivity contribution in [1.29, 1.82) is 0 Å². The Labute approximate surface area is 123 Å². The summed E-state index contributed by atoms with van der Waals surface area (Å²) >= 11 is 1.52. The molecule has 0 bridgehead atoms. The Balaban J connectivity index is 1.94. The van der Waals surface area contributed by atoms with Gasteiger partial charge in [0.05, 0.1) is 5.25 Å². The van der Waals surface area contributed by atoms with Gasteiger partial charge in [0.2, 0.25) is 5.91 Å². The van der Waals surface area contributed by atoms with Gasteiger partial charge in [-0.3, -0.25) is 4.79 Å². The number of hydrogen-bond donors (Lipinski definition) is 2. The lowest BCUT2D eigenvalue weighted by atomic mass is 10.1. The SMILES string of the molecule is CCCCC(NC(=O)C1Cc2ccccc2S1)C(=O)O. The minimum absolute atomic E-state index is 0.172. The minimum Gasteiger partial charge on any atom is -0.480 e. The van der Waals surface area contributed by atoms with Crippen LogP contribution in [0.3, 0.4) is 0 Å². The number of carboxylic acids is 1. The molecular formula is C15H19NO3S. The molecule has 1 aliphatic rings. The van der Waals surface area contributed by atoms with Crippen molar-refractivity contribution < 1.29 is 14.7 Å². The lowest BCUT2D eigenvalue weighted by molar-refractivity contribution is -0.141. The first-order valence-corrected chi connectivity index (χ1v) is 7.77. The number of hydrogen-bond acceptors (Lipinski definition) is 3. The molecule has 2 unspecified atom stereocenters. The van der Waals surface area contributed by atoms with Crippen molar-refractivity contribution in [3.05, 3.63) is 29.8 Å². The zero-order valence-electron chi connectivity index (χ0n) is 11.5. The quantitative estimate of drug-likeness (QED) is 0.845. The van der Waals surface area contributed by atoms with Gasteiger partial charge in [0, 0.05) is 4.90 Å². The van der Waals surface area contributed by atoms with Crippen molar-refractivity contribution in [2.24, 2.45) is 0 Å². The van der Waals surface area contributed by atoms with Gasteiger partial charge in [0.25, 0.3) is 0 Å². The molecule has 5 heteroatoms. The number of amides is 1. The Morgan fingerprint density at radius 1 is 1.45 bits per heavy atom. The molecule has 1 heterocycles. The van der Waals surface area contributed by atoms with Crippen LogP contribution in [0.2, 0.25) is 0 Å². The fraction of sp³-hybridized carbons (Fsp3) is 0.467. The summed E-state index contributed by atoms with van der Waals surface area (Å²) in [5, 5.41) is 11.6. The van der Waals surface area contributed by atoms with Crippen molar-refractivity contribution in [1.82, 2.24) is 5.32 Å². The van der Waals surface area contributed by atoms with E-state index in [1.54, 1.807) is 0 Å². The van der Waals surface area contributed by atoms with E-state index in [0.717, 1.165) is 23.3 Å². The highest BCUT2D eigenvalue weighted by Gasteiger charge is 2.30. The maximum Gasteiger partial charge on any atom is 0.326 e. The second kappa shape index (κ2) is 6.79. The van der Waals surface area contributed by atoms with Crippen LogP contribution in [0.25, 0.3) is 0 Å². The standard InChI is InChI=1S/C15H19NO3S/c1-2-3-7-11(15(18)19)16-14(17)13-9-10-6-4-5-8-12(10)20-13/h4-6,8,11,13H,2-3,7,9H2,1H3,(H,16,17)(H,18,19). The van der Waals surface area contributed by atoms with E-state index in [4.69, 9.17) is 5.11 Å². The molecule has 1 aliphatic heterocycles. The van der Waals surface area contributed by atoms with Gasteiger partial charge in [-0.05, 0) is 24.5 Å². The van der Waals surface area contributed by atoms with Gasteiger partial charge >= 0.3 is 5.97 Å². The van der Waals surface area contributed by atoms with Gasteiger partial charge in [-0.15, -0.1) is 11.8 Å². The first kappa shape index (κ1) is 14.9.